The lowest BCUT2D eigenvalue weighted by Gasteiger charge is -2.37. The van der Waals surface area contributed by atoms with Gasteiger partial charge in [-0.3, -0.25) is 0 Å². The molecular weight excluding hydrogens is 915 g/mol. The lowest BCUT2D eigenvalue weighted by molar-refractivity contribution is -0.137. The molecule has 1 fully saturated rings. The monoisotopic (exact) mass is 982 g/mol. The third kappa shape index (κ3) is 8.78. The van der Waals surface area contributed by atoms with E-state index < -0.39 is 10.8 Å². The summed E-state index contributed by atoms with van der Waals surface area (Å²) in [6.45, 7) is 10.7. The number of hydrogen-bond acceptors (Lipinski definition) is 4. The van der Waals surface area contributed by atoms with Gasteiger partial charge in [-0.05, 0) is 142 Å². The molecule has 0 amide bonds. The third-order valence-corrected chi connectivity index (χ3v) is 16.3. The van der Waals surface area contributed by atoms with E-state index in [-0.39, 0.29) is 5.41 Å². The third-order valence-electron chi connectivity index (χ3n) is 16.3. The SMILES string of the molecule is Cc1ccc2c(c1)C(c1ccccc1)(c1ccccc1)c1cc(N(c3ccc(OCCCCCCCCOCC4(C)COC4)cc3)c3ccc4c(c3)C(c3ccccc3)(c3ccccc3)c3cc(C)ccc3-4)ccc1-2. The van der Waals surface area contributed by atoms with E-state index in [4.69, 9.17) is 14.2 Å². The lowest BCUT2D eigenvalue weighted by Crippen LogP contribution is -2.43. The molecule has 0 atom stereocenters. The minimum absolute atomic E-state index is 0.225. The Morgan fingerprint density at radius 1 is 0.400 bits per heavy atom. The Morgan fingerprint density at radius 2 is 0.773 bits per heavy atom. The van der Waals surface area contributed by atoms with Crippen molar-refractivity contribution in [2.24, 2.45) is 5.41 Å². The molecule has 4 nitrogen and oxygen atoms in total. The van der Waals surface area contributed by atoms with Crippen LogP contribution in [0.4, 0.5) is 17.1 Å². The highest BCUT2D eigenvalue weighted by molar-refractivity contribution is 5.92. The van der Waals surface area contributed by atoms with Crippen molar-refractivity contribution in [1.29, 1.82) is 0 Å². The predicted octanol–water partition coefficient (Wildman–Crippen LogP) is 17.3. The van der Waals surface area contributed by atoms with E-state index in [1.807, 2.05) is 0 Å². The van der Waals surface area contributed by atoms with Gasteiger partial charge in [0, 0.05) is 29.1 Å². The van der Waals surface area contributed by atoms with E-state index in [0.717, 1.165) is 68.5 Å². The van der Waals surface area contributed by atoms with Crippen molar-refractivity contribution in [3.63, 3.8) is 0 Å². The fourth-order valence-corrected chi connectivity index (χ4v) is 12.7. The number of benzene rings is 9. The maximum absolute atomic E-state index is 6.47. The molecule has 3 aliphatic rings. The molecule has 0 N–H and O–H groups in total. The van der Waals surface area contributed by atoms with Gasteiger partial charge in [-0.25, -0.2) is 0 Å². The van der Waals surface area contributed by atoms with Crippen LogP contribution >= 0.6 is 0 Å². The molecular formula is C71H67NO3. The lowest BCUT2D eigenvalue weighted by atomic mass is 9.67. The maximum Gasteiger partial charge on any atom is 0.119 e. The van der Waals surface area contributed by atoms with E-state index in [1.165, 1.54) is 97.2 Å². The fraction of sp³-hybridized carbons (Fsp3) is 0.239. The van der Waals surface area contributed by atoms with Crippen LogP contribution in [0.3, 0.4) is 0 Å². The minimum Gasteiger partial charge on any atom is -0.494 e. The number of anilines is 3. The van der Waals surface area contributed by atoms with Gasteiger partial charge >= 0.3 is 0 Å². The molecule has 2 aliphatic carbocycles. The highest BCUT2D eigenvalue weighted by atomic mass is 16.5. The van der Waals surface area contributed by atoms with Crippen molar-refractivity contribution in [2.75, 3.05) is 37.9 Å². The van der Waals surface area contributed by atoms with Gasteiger partial charge in [0.25, 0.3) is 0 Å². The summed E-state index contributed by atoms with van der Waals surface area (Å²) in [5, 5.41) is 0. The second kappa shape index (κ2) is 20.7. The van der Waals surface area contributed by atoms with E-state index in [1.54, 1.807) is 0 Å². The summed E-state index contributed by atoms with van der Waals surface area (Å²) in [5.41, 5.74) is 20.1. The Labute approximate surface area is 444 Å². The number of unbranched alkanes of at least 4 members (excludes halogenated alkanes) is 5. The van der Waals surface area contributed by atoms with Crippen LogP contribution in [-0.2, 0) is 20.3 Å². The summed E-state index contributed by atoms with van der Waals surface area (Å²) in [4.78, 5) is 2.47. The predicted molar refractivity (Wildman–Crippen MR) is 308 cm³/mol. The van der Waals surface area contributed by atoms with Crippen molar-refractivity contribution in [1.82, 2.24) is 0 Å². The van der Waals surface area contributed by atoms with Gasteiger partial charge in [-0.2, -0.15) is 0 Å². The topological polar surface area (TPSA) is 30.9 Å². The molecule has 0 bridgehead atoms. The first-order valence-electron chi connectivity index (χ1n) is 27.3. The van der Waals surface area contributed by atoms with Crippen molar-refractivity contribution in [3.05, 3.63) is 274 Å². The summed E-state index contributed by atoms with van der Waals surface area (Å²) >= 11 is 0. The summed E-state index contributed by atoms with van der Waals surface area (Å²) in [7, 11) is 0. The average Bonchev–Trinajstić information content (AvgIpc) is 3.91. The number of rotatable bonds is 19. The Balaban J connectivity index is 0.935. The molecule has 1 saturated heterocycles. The minimum atomic E-state index is -0.552. The zero-order chi connectivity index (χ0) is 50.8. The van der Waals surface area contributed by atoms with E-state index in [0.29, 0.717) is 6.61 Å². The molecule has 1 heterocycles. The molecule has 0 aromatic heterocycles. The van der Waals surface area contributed by atoms with E-state index in [9.17, 15) is 0 Å². The number of ether oxygens (including phenoxy) is 3. The molecule has 0 radical (unpaired) electrons. The normalized spacial score (nSPS) is 15.0. The number of nitrogens with zero attached hydrogens (tertiary/aromatic N) is 1. The van der Waals surface area contributed by atoms with Crippen molar-refractivity contribution in [2.45, 2.75) is 70.1 Å². The smallest absolute Gasteiger partial charge is 0.119 e. The molecule has 4 heteroatoms. The number of fused-ring (bicyclic) bond motifs is 6. The van der Waals surface area contributed by atoms with Gasteiger partial charge < -0.3 is 19.1 Å². The standard InChI is InChI=1S/C71H67NO3/c1-51-30-38-61-63-40-34-58(46-67(63)70(65(61)44-51,53-22-12-8-13-23-53)54-24-14-9-15-25-54)72(57-32-36-60(37-33-57)75-43-21-7-5-4-6-20-42-73-48-69(3)49-74-50-69)59-35-41-64-62-39-31-52(2)45-66(62)71(68(64)47-59,55-26-16-10-17-27-55)56-28-18-11-19-29-56/h8-19,22-41,44-47H,4-7,20-21,42-43,48-50H2,1-3H3. The summed E-state index contributed by atoms with van der Waals surface area (Å²) in [6.07, 6.45) is 6.96. The number of aryl methyl sites for hydroxylation is 2. The van der Waals surface area contributed by atoms with E-state index in [2.05, 4.69) is 244 Å². The van der Waals surface area contributed by atoms with Crippen LogP contribution in [0.25, 0.3) is 22.3 Å². The van der Waals surface area contributed by atoms with Crippen molar-refractivity contribution < 1.29 is 14.2 Å². The Hall–Kier alpha value is -7.50. The second-order valence-corrected chi connectivity index (χ2v) is 21.7. The van der Waals surface area contributed by atoms with Crippen LogP contribution in [0, 0.1) is 19.3 Å². The molecule has 9 aromatic rings. The van der Waals surface area contributed by atoms with Gasteiger partial charge in [-0.1, -0.05) is 214 Å². The molecule has 0 unspecified atom stereocenters. The van der Waals surface area contributed by atoms with Gasteiger partial charge in [0.1, 0.15) is 5.75 Å². The fourth-order valence-electron chi connectivity index (χ4n) is 12.7. The Bertz CT molecular complexity index is 3150. The quantitative estimate of drug-likeness (QED) is 0.0756. The van der Waals surface area contributed by atoms with Crippen LogP contribution in [0.2, 0.25) is 0 Å². The first-order chi connectivity index (χ1) is 36.9. The van der Waals surface area contributed by atoms with Crippen LogP contribution in [-0.4, -0.2) is 33.0 Å². The largest absolute Gasteiger partial charge is 0.494 e. The molecule has 0 saturated carbocycles. The van der Waals surface area contributed by atoms with Crippen LogP contribution in [0.1, 0.15) is 101 Å². The summed E-state index contributed by atoms with van der Waals surface area (Å²) < 4.78 is 17.8. The summed E-state index contributed by atoms with van der Waals surface area (Å²) in [6, 6.07) is 81.8. The molecule has 9 aromatic carbocycles. The van der Waals surface area contributed by atoms with Crippen LogP contribution in [0.5, 0.6) is 5.75 Å². The zero-order valence-electron chi connectivity index (χ0n) is 43.7. The first-order valence-corrected chi connectivity index (χ1v) is 27.3. The van der Waals surface area contributed by atoms with Crippen LogP contribution in [0.15, 0.2) is 218 Å². The van der Waals surface area contributed by atoms with Gasteiger partial charge in [0.15, 0.2) is 0 Å². The average molecular weight is 982 g/mol. The number of hydrogen-bond donors (Lipinski definition) is 0. The molecule has 0 spiro atoms. The molecule has 1 aliphatic heterocycles. The zero-order valence-corrected chi connectivity index (χ0v) is 43.7. The van der Waals surface area contributed by atoms with Crippen molar-refractivity contribution >= 4 is 17.1 Å². The van der Waals surface area contributed by atoms with Gasteiger partial charge in [0.05, 0.1) is 37.3 Å². The van der Waals surface area contributed by atoms with E-state index >= 15 is 0 Å². The Morgan fingerprint density at radius 3 is 1.19 bits per heavy atom. The first kappa shape index (κ1) is 48.4. The van der Waals surface area contributed by atoms with Gasteiger partial charge in [-0.15, -0.1) is 0 Å². The Kier molecular flexibility index (Phi) is 13.3. The molecule has 374 valence electrons. The maximum atomic E-state index is 6.47. The summed E-state index contributed by atoms with van der Waals surface area (Å²) in [5.74, 6) is 0.889. The highest BCUT2D eigenvalue weighted by Crippen LogP contribution is 2.60. The molecule has 12 rings (SSSR count). The van der Waals surface area contributed by atoms with Gasteiger partial charge in [0.2, 0.25) is 0 Å². The second-order valence-electron chi connectivity index (χ2n) is 21.7. The van der Waals surface area contributed by atoms with Crippen molar-refractivity contribution in [3.8, 4) is 28.0 Å². The highest BCUT2D eigenvalue weighted by Gasteiger charge is 2.48. The van der Waals surface area contributed by atoms with Crippen LogP contribution < -0.4 is 9.64 Å². The molecule has 75 heavy (non-hydrogen) atoms.